The molecule has 1 saturated carbocycles. The Morgan fingerprint density at radius 3 is 2.55 bits per heavy atom. The highest BCUT2D eigenvalue weighted by Crippen LogP contribution is 2.37. The van der Waals surface area contributed by atoms with Crippen molar-refractivity contribution in [2.45, 2.75) is 25.1 Å². The van der Waals surface area contributed by atoms with E-state index in [9.17, 15) is 18.0 Å². The van der Waals surface area contributed by atoms with Crippen LogP contribution in [-0.4, -0.2) is 23.4 Å². The minimum Gasteiger partial charge on any atom is -0.400 e. The first kappa shape index (κ1) is 13.0. The lowest BCUT2D eigenvalue weighted by Gasteiger charge is -2.15. The van der Waals surface area contributed by atoms with Gasteiger partial charge in [-0.05, 0) is 30.5 Å². The van der Waals surface area contributed by atoms with Gasteiger partial charge in [0.05, 0.1) is 17.7 Å². The highest BCUT2D eigenvalue weighted by atomic mass is 19.4. The molecule has 20 heavy (non-hydrogen) atoms. The highest BCUT2D eigenvalue weighted by molar-refractivity contribution is 6.22. The molecule has 1 amide bonds. The van der Waals surface area contributed by atoms with Gasteiger partial charge in [-0.3, -0.25) is 4.79 Å². The van der Waals surface area contributed by atoms with Crippen molar-refractivity contribution in [1.29, 1.82) is 0 Å². The number of rotatable bonds is 2. The zero-order chi connectivity index (χ0) is 14.5. The van der Waals surface area contributed by atoms with Crippen molar-refractivity contribution in [1.82, 2.24) is 4.90 Å². The van der Waals surface area contributed by atoms with Crippen LogP contribution >= 0.6 is 0 Å². The molecule has 1 aliphatic carbocycles. The van der Waals surface area contributed by atoms with Crippen LogP contribution in [0.4, 0.5) is 13.2 Å². The highest BCUT2D eigenvalue weighted by Gasteiger charge is 2.40. The van der Waals surface area contributed by atoms with Crippen molar-refractivity contribution in [3.05, 3.63) is 41.1 Å². The standard InChI is InChI=1S/C14H13F3N2O/c15-14(16,17)9-3-1-2-8(6-9)12-11(18)7-19(13(12)20)10-4-5-10/h1-3,6,10H,4-5,7,18H2. The molecular formula is C14H13F3N2O. The Morgan fingerprint density at radius 1 is 1.25 bits per heavy atom. The van der Waals surface area contributed by atoms with E-state index in [1.54, 1.807) is 4.90 Å². The summed E-state index contributed by atoms with van der Waals surface area (Å²) < 4.78 is 38.2. The van der Waals surface area contributed by atoms with E-state index < -0.39 is 11.7 Å². The summed E-state index contributed by atoms with van der Waals surface area (Å²) in [7, 11) is 0. The van der Waals surface area contributed by atoms with Gasteiger partial charge in [-0.2, -0.15) is 13.2 Å². The molecule has 0 radical (unpaired) electrons. The van der Waals surface area contributed by atoms with Crippen molar-refractivity contribution in [3.8, 4) is 0 Å². The van der Waals surface area contributed by atoms with Crippen LogP contribution in [-0.2, 0) is 11.0 Å². The van der Waals surface area contributed by atoms with E-state index in [0.717, 1.165) is 25.0 Å². The number of nitrogens with zero attached hydrogens (tertiary/aromatic N) is 1. The third kappa shape index (κ3) is 2.15. The minimum absolute atomic E-state index is 0.198. The van der Waals surface area contributed by atoms with Crippen LogP contribution < -0.4 is 5.73 Å². The van der Waals surface area contributed by atoms with Gasteiger partial charge < -0.3 is 10.6 Å². The maximum atomic E-state index is 12.7. The molecule has 2 N–H and O–H groups in total. The smallest absolute Gasteiger partial charge is 0.400 e. The minimum atomic E-state index is -4.43. The number of carbonyl (C=O) groups excluding carboxylic acids is 1. The molecule has 0 unspecified atom stereocenters. The SMILES string of the molecule is NC1=C(c2cccc(C(F)(F)F)c2)C(=O)N(C2CC2)C1. The molecule has 1 fully saturated rings. The third-order valence-electron chi connectivity index (χ3n) is 3.60. The number of amides is 1. The largest absolute Gasteiger partial charge is 0.416 e. The second-order valence-electron chi connectivity index (χ2n) is 5.14. The van der Waals surface area contributed by atoms with Crippen molar-refractivity contribution in [3.63, 3.8) is 0 Å². The van der Waals surface area contributed by atoms with E-state index in [1.165, 1.54) is 12.1 Å². The fourth-order valence-electron chi connectivity index (χ4n) is 2.46. The lowest BCUT2D eigenvalue weighted by atomic mass is 10.0. The van der Waals surface area contributed by atoms with Crippen LogP contribution in [0.3, 0.4) is 0 Å². The summed E-state index contributed by atoms with van der Waals surface area (Å²) in [4.78, 5) is 13.9. The summed E-state index contributed by atoms with van der Waals surface area (Å²) in [5, 5.41) is 0. The molecule has 106 valence electrons. The monoisotopic (exact) mass is 282 g/mol. The summed E-state index contributed by atoms with van der Waals surface area (Å²) >= 11 is 0. The van der Waals surface area contributed by atoms with Crippen molar-refractivity contribution in [2.75, 3.05) is 6.54 Å². The van der Waals surface area contributed by atoms with Crippen LogP contribution in [0.25, 0.3) is 5.57 Å². The Morgan fingerprint density at radius 2 is 1.95 bits per heavy atom. The Balaban J connectivity index is 1.96. The number of hydrogen-bond donors (Lipinski definition) is 1. The van der Waals surface area contributed by atoms with E-state index in [4.69, 9.17) is 5.73 Å². The molecule has 1 aromatic rings. The number of halogens is 3. The summed E-state index contributed by atoms with van der Waals surface area (Å²) in [5.74, 6) is -0.260. The van der Waals surface area contributed by atoms with Gasteiger partial charge in [-0.1, -0.05) is 12.1 Å². The maximum absolute atomic E-state index is 12.7. The quantitative estimate of drug-likeness (QED) is 0.905. The Labute approximate surface area is 113 Å². The van der Waals surface area contributed by atoms with E-state index in [2.05, 4.69) is 0 Å². The van der Waals surface area contributed by atoms with Crippen LogP contribution in [0.5, 0.6) is 0 Å². The lowest BCUT2D eigenvalue weighted by molar-refractivity contribution is -0.137. The molecule has 0 bridgehead atoms. The summed E-state index contributed by atoms with van der Waals surface area (Å²) in [6.07, 6.45) is -2.55. The molecule has 1 aliphatic heterocycles. The van der Waals surface area contributed by atoms with Crippen LogP contribution in [0.15, 0.2) is 30.0 Å². The predicted molar refractivity (Wildman–Crippen MR) is 67.3 cm³/mol. The second kappa shape index (κ2) is 4.26. The molecule has 0 atom stereocenters. The fraction of sp³-hybridized carbons (Fsp3) is 0.357. The zero-order valence-electron chi connectivity index (χ0n) is 10.6. The lowest BCUT2D eigenvalue weighted by Crippen LogP contribution is -2.29. The molecule has 0 saturated heterocycles. The van der Waals surface area contributed by atoms with Gasteiger partial charge >= 0.3 is 6.18 Å². The summed E-state index contributed by atoms with van der Waals surface area (Å²) in [5.41, 5.74) is 5.88. The predicted octanol–water partition coefficient (Wildman–Crippen LogP) is 2.38. The van der Waals surface area contributed by atoms with E-state index >= 15 is 0 Å². The fourth-order valence-corrected chi connectivity index (χ4v) is 2.46. The maximum Gasteiger partial charge on any atom is 0.416 e. The van der Waals surface area contributed by atoms with Crippen LogP contribution in [0, 0.1) is 0 Å². The van der Waals surface area contributed by atoms with Gasteiger partial charge in [0.25, 0.3) is 5.91 Å². The molecular weight excluding hydrogens is 269 g/mol. The van der Waals surface area contributed by atoms with Gasteiger partial charge in [0.1, 0.15) is 0 Å². The molecule has 1 aromatic carbocycles. The van der Waals surface area contributed by atoms with E-state index in [-0.39, 0.29) is 23.1 Å². The van der Waals surface area contributed by atoms with Gasteiger partial charge in [0.15, 0.2) is 0 Å². The van der Waals surface area contributed by atoms with Gasteiger partial charge in [0, 0.05) is 11.7 Å². The number of carbonyl (C=O) groups is 1. The number of nitrogens with two attached hydrogens (primary N) is 1. The van der Waals surface area contributed by atoms with E-state index in [0.29, 0.717) is 12.2 Å². The molecule has 0 spiro atoms. The first-order valence-corrected chi connectivity index (χ1v) is 6.35. The molecule has 3 rings (SSSR count). The molecule has 2 aliphatic rings. The van der Waals surface area contributed by atoms with Crippen molar-refractivity contribution >= 4 is 11.5 Å². The summed E-state index contributed by atoms with van der Waals surface area (Å²) in [6, 6.07) is 4.95. The molecule has 3 nitrogen and oxygen atoms in total. The van der Waals surface area contributed by atoms with E-state index in [1.807, 2.05) is 0 Å². The van der Waals surface area contributed by atoms with Crippen molar-refractivity contribution in [2.24, 2.45) is 5.73 Å². The Hall–Kier alpha value is -1.98. The molecule has 6 heteroatoms. The van der Waals surface area contributed by atoms with Crippen LogP contribution in [0.1, 0.15) is 24.0 Å². The number of alkyl halides is 3. The normalized spacial score (nSPS) is 19.9. The van der Waals surface area contributed by atoms with Gasteiger partial charge in [-0.15, -0.1) is 0 Å². The zero-order valence-corrected chi connectivity index (χ0v) is 10.6. The van der Waals surface area contributed by atoms with Crippen molar-refractivity contribution < 1.29 is 18.0 Å². The first-order valence-electron chi connectivity index (χ1n) is 6.35. The second-order valence-corrected chi connectivity index (χ2v) is 5.14. The average molecular weight is 282 g/mol. The molecule has 0 aromatic heterocycles. The summed E-state index contributed by atoms with van der Waals surface area (Å²) in [6.45, 7) is 0.315. The first-order chi connectivity index (χ1) is 9.38. The average Bonchev–Trinajstić information content (AvgIpc) is 3.15. The van der Waals surface area contributed by atoms with Gasteiger partial charge in [0.2, 0.25) is 0 Å². The molecule has 1 heterocycles. The third-order valence-corrected chi connectivity index (χ3v) is 3.60. The number of benzene rings is 1. The van der Waals surface area contributed by atoms with Gasteiger partial charge in [-0.25, -0.2) is 0 Å². The number of hydrogen-bond acceptors (Lipinski definition) is 2. The Kier molecular flexibility index (Phi) is 2.77. The Bertz CT molecular complexity index is 603. The topological polar surface area (TPSA) is 46.3 Å². The van der Waals surface area contributed by atoms with Crippen LogP contribution in [0.2, 0.25) is 0 Å².